The minimum atomic E-state index is -4.19. The van der Waals surface area contributed by atoms with Crippen LogP contribution in [-0.4, -0.2) is 85.0 Å². The second-order valence-electron chi connectivity index (χ2n) is 9.76. The lowest BCUT2D eigenvalue weighted by Crippen LogP contribution is -2.36. The number of fused-ring (bicyclic) bond motifs is 2. The molecule has 2 saturated heterocycles. The molecule has 234 valence electrons. The Balaban J connectivity index is 1.11. The van der Waals surface area contributed by atoms with E-state index >= 15 is 0 Å². The SMILES string of the molecule is Nc1ncnc2c1NCN2C1C[C@H](OP(=O)(S)OC[C@H]2OC(n3cnc4c(=O)[nH]cnc43)CC2F)[C@@H](COP(=O)(O)S)O1. The first kappa shape index (κ1) is 30.7. The standard InChI is InChI=1S/C20H26FN9O9P2S2/c21-9-1-13(29-8-28-16-19(29)25-6-26-20(16)31)37-11(9)3-36-41(34,43)39-10-2-14(38-12(10)4-35-40(32,33)42)30-7-27-15-17(22)23-5-24-18(15)30/h5-6,8-14,27H,1-4,7H2,(H,34,43)(H2,22,23,24)(H,25,26,31)(H2,32,33,42)/t9?,10-,11+,12+,13?,14?,41?/m0/s1. The maximum absolute atomic E-state index is 14.9. The monoisotopic (exact) mass is 681 g/mol. The summed E-state index contributed by atoms with van der Waals surface area (Å²) in [7, 11) is 0. The van der Waals surface area contributed by atoms with Crippen molar-refractivity contribution in [1.29, 1.82) is 0 Å². The number of rotatable bonds is 10. The van der Waals surface area contributed by atoms with Crippen molar-refractivity contribution in [3.05, 3.63) is 29.3 Å². The van der Waals surface area contributed by atoms with Crippen LogP contribution in [0.1, 0.15) is 19.1 Å². The largest absolute Gasteiger partial charge is 0.386 e. The van der Waals surface area contributed by atoms with Crippen LogP contribution in [0.5, 0.6) is 0 Å². The zero-order chi connectivity index (χ0) is 30.5. The van der Waals surface area contributed by atoms with Gasteiger partial charge in [0.2, 0.25) is 0 Å². The van der Waals surface area contributed by atoms with Crippen molar-refractivity contribution >= 4 is 66.6 Å². The fraction of sp³-hybridized carbons (Fsp3) is 0.550. The number of nitrogen functional groups attached to an aromatic ring is 1. The first-order valence-electron chi connectivity index (χ1n) is 12.7. The molecule has 6 heterocycles. The number of aromatic amines is 1. The number of hydrogen-bond acceptors (Lipinski definition) is 15. The van der Waals surface area contributed by atoms with E-state index in [4.69, 9.17) is 28.8 Å². The molecular weight excluding hydrogens is 655 g/mol. The van der Waals surface area contributed by atoms with Crippen molar-refractivity contribution in [3.63, 3.8) is 0 Å². The molecule has 2 fully saturated rings. The second kappa shape index (κ2) is 11.9. The third-order valence-corrected chi connectivity index (χ3v) is 9.47. The fourth-order valence-electron chi connectivity index (χ4n) is 5.03. The summed E-state index contributed by atoms with van der Waals surface area (Å²) in [6, 6.07) is 0. The Morgan fingerprint density at radius 3 is 2.67 bits per heavy atom. The van der Waals surface area contributed by atoms with Gasteiger partial charge in [-0.1, -0.05) is 24.5 Å². The van der Waals surface area contributed by atoms with Crippen LogP contribution in [0.4, 0.5) is 21.7 Å². The van der Waals surface area contributed by atoms with Crippen LogP contribution < -0.4 is 21.5 Å². The van der Waals surface area contributed by atoms with E-state index in [0.29, 0.717) is 11.5 Å². The van der Waals surface area contributed by atoms with E-state index in [0.717, 1.165) is 0 Å². The predicted octanol–water partition coefficient (Wildman–Crippen LogP) is 1.61. The third kappa shape index (κ3) is 6.56. The maximum atomic E-state index is 14.9. The first-order chi connectivity index (χ1) is 20.4. The summed E-state index contributed by atoms with van der Waals surface area (Å²) >= 11 is 7.58. The van der Waals surface area contributed by atoms with Gasteiger partial charge >= 0.3 is 13.6 Å². The van der Waals surface area contributed by atoms with Crippen molar-refractivity contribution in [2.45, 2.75) is 49.8 Å². The van der Waals surface area contributed by atoms with Crippen LogP contribution in [0.25, 0.3) is 11.2 Å². The molecule has 0 aromatic carbocycles. The Morgan fingerprint density at radius 1 is 1.12 bits per heavy atom. The Labute approximate surface area is 252 Å². The van der Waals surface area contributed by atoms with Gasteiger partial charge in [0.1, 0.15) is 49.0 Å². The molecule has 0 bridgehead atoms. The van der Waals surface area contributed by atoms with Crippen molar-refractivity contribution in [1.82, 2.24) is 29.5 Å². The molecule has 6 rings (SSSR count). The lowest BCUT2D eigenvalue weighted by Gasteiger charge is -2.24. The van der Waals surface area contributed by atoms with Gasteiger partial charge in [0.25, 0.3) is 5.56 Å². The Morgan fingerprint density at radius 2 is 1.88 bits per heavy atom. The maximum Gasteiger partial charge on any atom is 0.386 e. The number of halogens is 1. The number of ether oxygens (including phenoxy) is 2. The molecule has 23 heteroatoms. The summed E-state index contributed by atoms with van der Waals surface area (Å²) < 4.78 is 69.1. The normalized spacial score (nSPS) is 29.8. The van der Waals surface area contributed by atoms with Gasteiger partial charge in [-0.25, -0.2) is 33.5 Å². The van der Waals surface area contributed by atoms with Gasteiger partial charge < -0.3 is 35.3 Å². The number of nitrogens with zero attached hydrogens (tertiary/aromatic N) is 6. The van der Waals surface area contributed by atoms with Crippen LogP contribution in [-0.2, 0) is 32.2 Å². The smallest absolute Gasteiger partial charge is 0.382 e. The summed E-state index contributed by atoms with van der Waals surface area (Å²) in [4.78, 5) is 41.9. The highest BCUT2D eigenvalue weighted by Gasteiger charge is 2.46. The number of H-pyrrole nitrogens is 1. The van der Waals surface area contributed by atoms with Crippen LogP contribution in [0.15, 0.2) is 23.8 Å². The Kier molecular flexibility index (Phi) is 8.48. The highest BCUT2D eigenvalue weighted by atomic mass is 32.7. The van der Waals surface area contributed by atoms with Gasteiger partial charge in [0.05, 0.1) is 32.5 Å². The van der Waals surface area contributed by atoms with E-state index in [9.17, 15) is 23.2 Å². The number of nitrogens with two attached hydrogens (primary N) is 1. The molecule has 3 aromatic rings. The number of imidazole rings is 1. The highest BCUT2D eigenvalue weighted by Crippen LogP contribution is 2.57. The average Bonchev–Trinajstić information content (AvgIpc) is 3.71. The van der Waals surface area contributed by atoms with Crippen molar-refractivity contribution < 1.29 is 41.5 Å². The van der Waals surface area contributed by atoms with E-state index in [2.05, 4.69) is 54.7 Å². The van der Waals surface area contributed by atoms with Gasteiger partial charge in [0.15, 0.2) is 22.8 Å². The number of anilines is 3. The average molecular weight is 682 g/mol. The van der Waals surface area contributed by atoms with Gasteiger partial charge in [-0.2, -0.15) is 0 Å². The van der Waals surface area contributed by atoms with Crippen LogP contribution in [0.3, 0.4) is 0 Å². The molecule has 43 heavy (non-hydrogen) atoms. The van der Waals surface area contributed by atoms with Crippen molar-refractivity contribution in [3.8, 4) is 0 Å². The number of alkyl halides is 1. The molecule has 5 N–H and O–H groups in total. The fourth-order valence-corrected chi connectivity index (χ4v) is 7.10. The molecule has 0 radical (unpaired) electrons. The summed E-state index contributed by atoms with van der Waals surface area (Å²) in [5, 5.41) is 3.07. The van der Waals surface area contributed by atoms with Crippen molar-refractivity contribution in [2.75, 3.05) is 35.8 Å². The number of hydrogen-bond donors (Lipinski definition) is 6. The van der Waals surface area contributed by atoms with Crippen LogP contribution >= 0.6 is 38.1 Å². The highest BCUT2D eigenvalue weighted by molar-refractivity contribution is 8.44. The molecule has 3 aliphatic rings. The minimum absolute atomic E-state index is 0.0738. The Hall–Kier alpha value is -2.32. The zero-order valence-electron chi connectivity index (χ0n) is 21.9. The van der Waals surface area contributed by atoms with Gasteiger partial charge in [-0.3, -0.25) is 22.9 Å². The first-order valence-corrected chi connectivity index (χ1v) is 18.1. The number of nitrogens with one attached hydrogen (secondary N) is 2. The number of thiol groups is 2. The Bertz CT molecular complexity index is 1660. The molecule has 0 saturated carbocycles. The van der Waals surface area contributed by atoms with E-state index in [1.54, 1.807) is 4.90 Å². The van der Waals surface area contributed by atoms with E-state index in [-0.39, 0.29) is 36.5 Å². The summed E-state index contributed by atoms with van der Waals surface area (Å²) in [6.07, 6.45) is -2.45. The lowest BCUT2D eigenvalue weighted by atomic mass is 10.2. The van der Waals surface area contributed by atoms with E-state index in [1.807, 2.05) is 0 Å². The molecule has 0 amide bonds. The van der Waals surface area contributed by atoms with E-state index in [1.165, 1.54) is 23.5 Å². The predicted molar refractivity (Wildman–Crippen MR) is 154 cm³/mol. The summed E-state index contributed by atoms with van der Waals surface area (Å²) in [5.74, 6) is 0.689. The van der Waals surface area contributed by atoms with Crippen molar-refractivity contribution in [2.24, 2.45) is 0 Å². The quantitative estimate of drug-likeness (QED) is 0.132. The molecule has 3 aromatic heterocycles. The zero-order valence-corrected chi connectivity index (χ0v) is 25.5. The van der Waals surface area contributed by atoms with Gasteiger partial charge in [-0.05, 0) is 0 Å². The van der Waals surface area contributed by atoms with Crippen LogP contribution in [0.2, 0.25) is 0 Å². The molecule has 3 aliphatic heterocycles. The van der Waals surface area contributed by atoms with Gasteiger partial charge in [-0.15, -0.1) is 0 Å². The molecule has 0 spiro atoms. The molecule has 5 unspecified atom stereocenters. The summed E-state index contributed by atoms with van der Waals surface area (Å²) in [5.41, 5.74) is 6.25. The number of aromatic nitrogens is 6. The summed E-state index contributed by atoms with van der Waals surface area (Å²) in [6.45, 7) is -9.05. The molecule has 18 nitrogen and oxygen atoms in total. The van der Waals surface area contributed by atoms with Gasteiger partial charge in [0, 0.05) is 12.8 Å². The lowest BCUT2D eigenvalue weighted by molar-refractivity contribution is -0.0340. The third-order valence-electron chi connectivity index (χ3n) is 7.00. The molecule has 0 aliphatic carbocycles. The second-order valence-corrected chi connectivity index (χ2v) is 15.4. The molecular formula is C20H26FN9O9P2S2. The minimum Gasteiger partial charge on any atom is -0.382 e. The van der Waals surface area contributed by atoms with E-state index < -0.39 is 69.3 Å². The topological polar surface area (TPSA) is 231 Å². The molecule has 8 atom stereocenters. The van der Waals surface area contributed by atoms with Crippen LogP contribution in [0, 0.1) is 0 Å².